The van der Waals surface area contributed by atoms with Gasteiger partial charge in [-0.1, -0.05) is 25.0 Å². The van der Waals surface area contributed by atoms with Crippen LogP contribution in [0.3, 0.4) is 0 Å². The van der Waals surface area contributed by atoms with Gasteiger partial charge >= 0.3 is 0 Å². The molecular weight excluding hydrogens is 136 g/mol. The first-order valence-corrected chi connectivity index (χ1v) is 4.65. The van der Waals surface area contributed by atoms with Gasteiger partial charge in [0.2, 0.25) is 0 Å². The minimum Gasteiger partial charge on any atom is -0.396 e. The molecule has 0 saturated heterocycles. The number of aliphatic hydroxyl groups is 1. The molecule has 1 unspecified atom stereocenters. The van der Waals surface area contributed by atoms with Crippen molar-refractivity contribution in [1.29, 1.82) is 0 Å². The van der Waals surface area contributed by atoms with Crippen molar-refractivity contribution in [2.24, 2.45) is 5.92 Å². The van der Waals surface area contributed by atoms with E-state index >= 15 is 0 Å². The predicted molar refractivity (Wildman–Crippen MR) is 47.4 cm³/mol. The summed E-state index contributed by atoms with van der Waals surface area (Å²) in [5.74, 6) is 0.513. The third-order valence-corrected chi connectivity index (χ3v) is 2.52. The number of aliphatic hydroxyl groups excluding tert-OH is 1. The fourth-order valence-corrected chi connectivity index (χ4v) is 1.63. The summed E-state index contributed by atoms with van der Waals surface area (Å²) in [5, 5.41) is 8.96. The number of rotatable bonds is 4. The molecule has 0 radical (unpaired) electrons. The second-order valence-electron chi connectivity index (χ2n) is 3.42. The molecule has 0 heterocycles. The summed E-state index contributed by atoms with van der Waals surface area (Å²) in [5.41, 5.74) is 1.57. The van der Waals surface area contributed by atoms with Crippen LogP contribution in [0.5, 0.6) is 0 Å². The largest absolute Gasteiger partial charge is 0.396 e. The summed E-state index contributed by atoms with van der Waals surface area (Å²) in [6.45, 7) is 2.50. The van der Waals surface area contributed by atoms with Crippen molar-refractivity contribution in [3.8, 4) is 0 Å². The topological polar surface area (TPSA) is 20.2 Å². The van der Waals surface area contributed by atoms with Crippen molar-refractivity contribution in [3.05, 3.63) is 11.6 Å². The zero-order valence-electron chi connectivity index (χ0n) is 7.34. The van der Waals surface area contributed by atoms with Crippen LogP contribution in [-0.4, -0.2) is 11.7 Å². The van der Waals surface area contributed by atoms with Crippen LogP contribution >= 0.6 is 0 Å². The lowest BCUT2D eigenvalue weighted by atomic mass is 9.97. The molecule has 1 aliphatic rings. The van der Waals surface area contributed by atoms with Gasteiger partial charge in [-0.3, -0.25) is 0 Å². The Morgan fingerprint density at radius 3 is 2.91 bits per heavy atom. The molecule has 1 N–H and O–H groups in total. The summed E-state index contributed by atoms with van der Waals surface area (Å²) < 4.78 is 0. The van der Waals surface area contributed by atoms with E-state index in [1.807, 2.05) is 0 Å². The maximum atomic E-state index is 8.96. The van der Waals surface area contributed by atoms with E-state index in [1.165, 1.54) is 19.3 Å². The van der Waals surface area contributed by atoms with Crippen molar-refractivity contribution >= 4 is 0 Å². The first-order chi connectivity index (χ1) is 5.36. The smallest absolute Gasteiger partial charge is 0.0462 e. The summed E-state index contributed by atoms with van der Waals surface area (Å²) >= 11 is 0. The minimum atomic E-state index is 0.355. The molecule has 0 spiro atoms. The third-order valence-electron chi connectivity index (χ3n) is 2.52. The molecule has 1 nitrogen and oxygen atoms in total. The van der Waals surface area contributed by atoms with Crippen LogP contribution in [-0.2, 0) is 0 Å². The van der Waals surface area contributed by atoms with Crippen LogP contribution in [0.15, 0.2) is 11.6 Å². The van der Waals surface area contributed by atoms with Gasteiger partial charge in [-0.2, -0.15) is 0 Å². The van der Waals surface area contributed by atoms with Crippen LogP contribution in [0.4, 0.5) is 0 Å². The molecular formula is C10H18O. The van der Waals surface area contributed by atoms with Gasteiger partial charge in [0.15, 0.2) is 0 Å². The Morgan fingerprint density at radius 1 is 1.64 bits per heavy atom. The molecule has 0 aromatic rings. The Bertz CT molecular complexity index is 134. The number of allylic oxidation sites excluding steroid dienone is 2. The average molecular weight is 154 g/mol. The molecule has 1 heteroatoms. The minimum absolute atomic E-state index is 0.355. The van der Waals surface area contributed by atoms with E-state index in [0.29, 0.717) is 12.5 Å². The summed E-state index contributed by atoms with van der Waals surface area (Å²) in [6.07, 6.45) is 8.45. The highest BCUT2D eigenvalue weighted by atomic mass is 16.3. The van der Waals surface area contributed by atoms with Crippen LogP contribution in [0.1, 0.15) is 39.0 Å². The van der Waals surface area contributed by atoms with Gasteiger partial charge in [-0.25, -0.2) is 0 Å². The van der Waals surface area contributed by atoms with Crippen LogP contribution in [0.2, 0.25) is 0 Å². The Morgan fingerprint density at radius 2 is 2.45 bits per heavy atom. The van der Waals surface area contributed by atoms with Crippen molar-refractivity contribution in [2.45, 2.75) is 39.0 Å². The van der Waals surface area contributed by atoms with Crippen LogP contribution in [0, 0.1) is 5.92 Å². The second-order valence-corrected chi connectivity index (χ2v) is 3.42. The van der Waals surface area contributed by atoms with Crippen LogP contribution in [0.25, 0.3) is 0 Å². The molecule has 0 aliphatic heterocycles. The Labute approximate surface area is 69.1 Å². The SMILES string of the molecule is CCC(CO)CC1=CCCC1. The lowest BCUT2D eigenvalue weighted by molar-refractivity contribution is 0.221. The molecule has 1 rings (SSSR count). The van der Waals surface area contributed by atoms with Gasteiger partial charge in [0.25, 0.3) is 0 Å². The van der Waals surface area contributed by atoms with E-state index in [-0.39, 0.29) is 0 Å². The molecule has 11 heavy (non-hydrogen) atoms. The highest BCUT2D eigenvalue weighted by Gasteiger charge is 2.10. The molecule has 0 fully saturated rings. The van der Waals surface area contributed by atoms with E-state index in [1.54, 1.807) is 5.57 Å². The van der Waals surface area contributed by atoms with E-state index in [9.17, 15) is 0 Å². The third kappa shape index (κ3) is 2.66. The van der Waals surface area contributed by atoms with Crippen molar-refractivity contribution in [3.63, 3.8) is 0 Å². The molecule has 0 aromatic carbocycles. The fraction of sp³-hybridized carbons (Fsp3) is 0.800. The van der Waals surface area contributed by atoms with Gasteiger partial charge in [0, 0.05) is 6.61 Å². The first kappa shape index (κ1) is 8.79. The van der Waals surface area contributed by atoms with E-state index < -0.39 is 0 Å². The fourth-order valence-electron chi connectivity index (χ4n) is 1.63. The molecule has 0 amide bonds. The van der Waals surface area contributed by atoms with Gasteiger partial charge in [0.1, 0.15) is 0 Å². The zero-order chi connectivity index (χ0) is 8.10. The molecule has 64 valence electrons. The quantitative estimate of drug-likeness (QED) is 0.617. The lowest BCUT2D eigenvalue weighted by Crippen LogP contribution is -2.04. The zero-order valence-corrected chi connectivity index (χ0v) is 7.34. The normalized spacial score (nSPS) is 20.0. The molecule has 0 aromatic heterocycles. The van der Waals surface area contributed by atoms with Crippen molar-refractivity contribution in [1.82, 2.24) is 0 Å². The molecule has 0 saturated carbocycles. The number of hydrogen-bond acceptors (Lipinski definition) is 1. The average Bonchev–Trinajstić information content (AvgIpc) is 2.52. The highest BCUT2D eigenvalue weighted by Crippen LogP contribution is 2.25. The first-order valence-electron chi connectivity index (χ1n) is 4.65. The number of hydrogen-bond donors (Lipinski definition) is 1. The molecule has 1 atom stereocenters. The standard InChI is InChI=1S/C10H18O/c1-2-9(8-11)7-10-5-3-4-6-10/h5,9,11H,2-4,6-8H2,1H3. The van der Waals surface area contributed by atoms with E-state index in [4.69, 9.17) is 5.11 Å². The van der Waals surface area contributed by atoms with Gasteiger partial charge in [-0.05, 0) is 31.6 Å². The molecule has 1 aliphatic carbocycles. The lowest BCUT2D eigenvalue weighted by Gasteiger charge is -2.11. The van der Waals surface area contributed by atoms with Crippen molar-refractivity contribution < 1.29 is 5.11 Å². The second kappa shape index (κ2) is 4.55. The summed E-state index contributed by atoms with van der Waals surface area (Å²) in [6, 6.07) is 0. The maximum absolute atomic E-state index is 8.96. The molecule has 0 bridgehead atoms. The van der Waals surface area contributed by atoms with E-state index in [0.717, 1.165) is 12.8 Å². The Balaban J connectivity index is 2.27. The monoisotopic (exact) mass is 154 g/mol. The summed E-state index contributed by atoms with van der Waals surface area (Å²) in [7, 11) is 0. The van der Waals surface area contributed by atoms with Crippen LogP contribution < -0.4 is 0 Å². The van der Waals surface area contributed by atoms with Gasteiger partial charge < -0.3 is 5.11 Å². The highest BCUT2D eigenvalue weighted by molar-refractivity contribution is 5.07. The Kier molecular flexibility index (Phi) is 3.64. The van der Waals surface area contributed by atoms with Crippen molar-refractivity contribution in [2.75, 3.05) is 6.61 Å². The van der Waals surface area contributed by atoms with Gasteiger partial charge in [0.05, 0.1) is 0 Å². The van der Waals surface area contributed by atoms with Gasteiger partial charge in [-0.15, -0.1) is 0 Å². The maximum Gasteiger partial charge on any atom is 0.0462 e. The summed E-state index contributed by atoms with van der Waals surface area (Å²) in [4.78, 5) is 0. The van der Waals surface area contributed by atoms with E-state index in [2.05, 4.69) is 13.0 Å². The Hall–Kier alpha value is -0.300. The predicted octanol–water partition coefficient (Wildman–Crippen LogP) is 2.51.